The quantitative estimate of drug-likeness (QED) is 0.846. The van der Waals surface area contributed by atoms with Crippen molar-refractivity contribution in [3.63, 3.8) is 0 Å². The lowest BCUT2D eigenvalue weighted by atomic mass is 10.1. The Bertz CT molecular complexity index is 479. The van der Waals surface area contributed by atoms with Crippen LogP contribution in [0.15, 0.2) is 24.3 Å². The van der Waals surface area contributed by atoms with Gasteiger partial charge >= 0.3 is 12.0 Å². The fourth-order valence-electron chi connectivity index (χ4n) is 1.70. The zero-order valence-corrected chi connectivity index (χ0v) is 12.7. The molecule has 1 atom stereocenters. The van der Waals surface area contributed by atoms with Gasteiger partial charge in [0, 0.05) is 18.8 Å². The minimum atomic E-state index is -1.05. The Morgan fingerprint density at radius 1 is 1.40 bits per heavy atom. The lowest BCUT2D eigenvalue weighted by Gasteiger charge is -2.22. The summed E-state index contributed by atoms with van der Waals surface area (Å²) < 4.78 is 0. The summed E-state index contributed by atoms with van der Waals surface area (Å²) in [5.41, 5.74) is 0.494. The summed E-state index contributed by atoms with van der Waals surface area (Å²) in [4.78, 5) is 24.6. The molecule has 1 aromatic carbocycles. The number of carboxylic acids is 1. The highest BCUT2D eigenvalue weighted by atomic mass is 32.2. The highest BCUT2D eigenvalue weighted by Crippen LogP contribution is 2.19. The number of thioether (sulfide) groups is 1. The first-order valence-electron chi connectivity index (χ1n) is 6.41. The third-order valence-corrected chi connectivity index (χ3v) is 3.89. The number of benzene rings is 1. The van der Waals surface area contributed by atoms with E-state index in [2.05, 4.69) is 12.2 Å². The smallest absolute Gasteiger partial charge is 0.337 e. The van der Waals surface area contributed by atoms with Crippen LogP contribution in [0.3, 0.4) is 0 Å². The number of carbonyl (C=O) groups excluding carboxylic acids is 1. The van der Waals surface area contributed by atoms with Crippen molar-refractivity contribution < 1.29 is 14.7 Å². The van der Waals surface area contributed by atoms with E-state index in [1.165, 1.54) is 11.0 Å². The first-order chi connectivity index (χ1) is 9.47. The van der Waals surface area contributed by atoms with Crippen LogP contribution < -0.4 is 10.2 Å². The zero-order valence-electron chi connectivity index (χ0n) is 11.9. The molecule has 0 aliphatic heterocycles. The Labute approximate surface area is 123 Å². The van der Waals surface area contributed by atoms with Crippen LogP contribution in [0.1, 0.15) is 24.2 Å². The highest BCUT2D eigenvalue weighted by Gasteiger charge is 2.18. The number of carboxylic acid groups (broad SMARTS) is 1. The van der Waals surface area contributed by atoms with Gasteiger partial charge in [-0.1, -0.05) is 19.1 Å². The first-order valence-corrected chi connectivity index (χ1v) is 7.57. The maximum Gasteiger partial charge on any atom is 0.337 e. The van der Waals surface area contributed by atoms with E-state index in [1.807, 2.05) is 6.92 Å². The Morgan fingerprint density at radius 2 is 2.05 bits per heavy atom. The van der Waals surface area contributed by atoms with Crippen LogP contribution in [-0.4, -0.2) is 41.7 Å². The molecule has 0 heterocycles. The summed E-state index contributed by atoms with van der Waals surface area (Å²) in [5.74, 6) is 0.781. The fourth-order valence-corrected chi connectivity index (χ4v) is 2.37. The fraction of sp³-hybridized carbons (Fsp3) is 0.429. The Kier molecular flexibility index (Phi) is 6.38. The summed E-state index contributed by atoms with van der Waals surface area (Å²) in [6.07, 6.45) is 0. The van der Waals surface area contributed by atoms with Crippen molar-refractivity contribution in [2.24, 2.45) is 0 Å². The molecule has 0 saturated heterocycles. The van der Waals surface area contributed by atoms with Crippen molar-refractivity contribution in [3.8, 4) is 0 Å². The summed E-state index contributed by atoms with van der Waals surface area (Å²) in [6.45, 7) is 3.99. The minimum Gasteiger partial charge on any atom is -0.478 e. The van der Waals surface area contributed by atoms with E-state index in [9.17, 15) is 9.59 Å². The third kappa shape index (κ3) is 4.45. The van der Waals surface area contributed by atoms with E-state index in [4.69, 9.17) is 5.11 Å². The molecular weight excluding hydrogens is 276 g/mol. The SMILES string of the molecule is CCSCC(C)NC(=O)N(C)c1ccccc1C(=O)O. The number of anilines is 1. The van der Waals surface area contributed by atoms with E-state index in [1.54, 1.807) is 37.0 Å². The number of carbonyl (C=O) groups is 2. The molecule has 5 nitrogen and oxygen atoms in total. The van der Waals surface area contributed by atoms with Gasteiger partial charge in [0.05, 0.1) is 11.3 Å². The summed E-state index contributed by atoms with van der Waals surface area (Å²) in [7, 11) is 1.57. The van der Waals surface area contributed by atoms with Gasteiger partial charge in [-0.25, -0.2) is 9.59 Å². The van der Waals surface area contributed by atoms with Crippen LogP contribution in [0.2, 0.25) is 0 Å². The Hall–Kier alpha value is -1.69. The number of nitrogens with one attached hydrogen (secondary N) is 1. The molecule has 1 aromatic rings. The van der Waals surface area contributed by atoms with Crippen molar-refractivity contribution in [2.45, 2.75) is 19.9 Å². The summed E-state index contributed by atoms with van der Waals surface area (Å²) in [6, 6.07) is 6.18. The zero-order chi connectivity index (χ0) is 15.1. The molecule has 0 aliphatic carbocycles. The van der Waals surface area contributed by atoms with Gasteiger partial charge in [0.25, 0.3) is 0 Å². The predicted octanol–water partition coefficient (Wildman–Crippen LogP) is 2.67. The van der Waals surface area contributed by atoms with Crippen LogP contribution in [0.4, 0.5) is 10.5 Å². The minimum absolute atomic E-state index is 0.0342. The lowest BCUT2D eigenvalue weighted by molar-refractivity contribution is 0.0697. The normalized spacial score (nSPS) is 11.8. The topological polar surface area (TPSA) is 69.6 Å². The average Bonchev–Trinajstić information content (AvgIpc) is 2.44. The van der Waals surface area contributed by atoms with Crippen molar-refractivity contribution in [1.29, 1.82) is 0 Å². The van der Waals surface area contributed by atoms with E-state index < -0.39 is 5.97 Å². The third-order valence-electron chi connectivity index (χ3n) is 2.74. The van der Waals surface area contributed by atoms with Gasteiger partial charge in [-0.2, -0.15) is 11.8 Å². The molecule has 0 aromatic heterocycles. The van der Waals surface area contributed by atoms with Crippen molar-refractivity contribution in [1.82, 2.24) is 5.32 Å². The Balaban J connectivity index is 2.77. The molecule has 110 valence electrons. The van der Waals surface area contributed by atoms with E-state index >= 15 is 0 Å². The molecule has 2 N–H and O–H groups in total. The molecule has 0 aliphatic rings. The second-order valence-corrected chi connectivity index (χ2v) is 5.71. The molecule has 0 spiro atoms. The average molecular weight is 296 g/mol. The number of hydrogen-bond donors (Lipinski definition) is 2. The maximum absolute atomic E-state index is 12.1. The van der Waals surface area contributed by atoms with Crippen LogP contribution >= 0.6 is 11.8 Å². The van der Waals surface area contributed by atoms with Crippen molar-refractivity contribution in [2.75, 3.05) is 23.5 Å². The van der Waals surface area contributed by atoms with Crippen LogP contribution in [0, 0.1) is 0 Å². The van der Waals surface area contributed by atoms with Crippen molar-refractivity contribution in [3.05, 3.63) is 29.8 Å². The molecule has 6 heteroatoms. The molecule has 0 radical (unpaired) electrons. The van der Waals surface area contributed by atoms with Crippen LogP contribution in [0.25, 0.3) is 0 Å². The van der Waals surface area contributed by atoms with Gasteiger partial charge in [0.1, 0.15) is 0 Å². The first kappa shape index (κ1) is 16.4. The molecule has 20 heavy (non-hydrogen) atoms. The monoisotopic (exact) mass is 296 g/mol. The number of nitrogens with zero attached hydrogens (tertiary/aromatic N) is 1. The molecular formula is C14H20N2O3S. The van der Waals surface area contributed by atoms with Gasteiger partial charge < -0.3 is 10.4 Å². The number of aromatic carboxylic acids is 1. The summed E-state index contributed by atoms with van der Waals surface area (Å²) in [5, 5.41) is 12.0. The number of hydrogen-bond acceptors (Lipinski definition) is 3. The van der Waals surface area contributed by atoms with Gasteiger partial charge in [0.15, 0.2) is 0 Å². The predicted molar refractivity (Wildman–Crippen MR) is 82.8 cm³/mol. The molecule has 0 fully saturated rings. The molecule has 1 rings (SSSR count). The molecule has 0 saturated carbocycles. The second kappa shape index (κ2) is 7.79. The van der Waals surface area contributed by atoms with Gasteiger partial charge in [-0.05, 0) is 24.8 Å². The van der Waals surface area contributed by atoms with E-state index in [0.29, 0.717) is 5.69 Å². The van der Waals surface area contributed by atoms with Gasteiger partial charge in [-0.3, -0.25) is 4.90 Å². The van der Waals surface area contributed by atoms with Crippen LogP contribution in [0.5, 0.6) is 0 Å². The van der Waals surface area contributed by atoms with Gasteiger partial charge in [-0.15, -0.1) is 0 Å². The standard InChI is InChI=1S/C14H20N2O3S/c1-4-20-9-10(2)15-14(19)16(3)12-8-6-5-7-11(12)13(17)18/h5-8,10H,4,9H2,1-3H3,(H,15,19)(H,17,18). The number of para-hydroxylation sites is 1. The lowest BCUT2D eigenvalue weighted by Crippen LogP contribution is -2.43. The number of urea groups is 1. The maximum atomic E-state index is 12.1. The largest absolute Gasteiger partial charge is 0.478 e. The summed E-state index contributed by atoms with van der Waals surface area (Å²) >= 11 is 1.75. The van der Waals surface area contributed by atoms with E-state index in [0.717, 1.165) is 11.5 Å². The van der Waals surface area contributed by atoms with Crippen molar-refractivity contribution >= 4 is 29.4 Å². The molecule has 1 unspecified atom stereocenters. The number of amides is 2. The van der Waals surface area contributed by atoms with Crippen LogP contribution in [-0.2, 0) is 0 Å². The Morgan fingerprint density at radius 3 is 2.65 bits per heavy atom. The van der Waals surface area contributed by atoms with Gasteiger partial charge in [0.2, 0.25) is 0 Å². The highest BCUT2D eigenvalue weighted by molar-refractivity contribution is 7.99. The molecule has 2 amide bonds. The second-order valence-electron chi connectivity index (χ2n) is 4.39. The molecule has 0 bridgehead atoms. The van der Waals surface area contributed by atoms with E-state index in [-0.39, 0.29) is 17.6 Å². The number of rotatable bonds is 6.